The predicted molar refractivity (Wildman–Crippen MR) is 69.8 cm³/mol. The predicted octanol–water partition coefficient (Wildman–Crippen LogP) is 3.47. The third-order valence-corrected chi connectivity index (χ3v) is 3.01. The Morgan fingerprint density at radius 1 is 1.35 bits per heavy atom. The summed E-state index contributed by atoms with van der Waals surface area (Å²) in [6.07, 6.45) is -3.34. The second-order valence-electron chi connectivity index (χ2n) is 4.24. The van der Waals surface area contributed by atoms with Crippen LogP contribution in [0.5, 0.6) is 0 Å². The number of nitrogen functional groups attached to an aromatic ring is 1. The SMILES string of the molecule is CCCc1c(N)nnn1-c1ccc(Cl)cc1C(F)(F)F. The minimum absolute atomic E-state index is 0.00574. The Balaban J connectivity index is 2.64. The molecule has 0 spiro atoms. The quantitative estimate of drug-likeness (QED) is 0.944. The third-order valence-electron chi connectivity index (χ3n) is 2.77. The van der Waals surface area contributed by atoms with Crippen molar-refractivity contribution >= 4 is 17.4 Å². The first kappa shape index (κ1) is 14.6. The fraction of sp³-hybridized carbons (Fsp3) is 0.333. The largest absolute Gasteiger partial charge is 0.418 e. The number of nitrogens with zero attached hydrogens (tertiary/aromatic N) is 3. The van der Waals surface area contributed by atoms with Crippen molar-refractivity contribution in [3.8, 4) is 5.69 Å². The highest BCUT2D eigenvalue weighted by molar-refractivity contribution is 6.30. The van der Waals surface area contributed by atoms with Gasteiger partial charge in [-0.1, -0.05) is 30.2 Å². The van der Waals surface area contributed by atoms with E-state index in [1.165, 1.54) is 12.1 Å². The Bertz CT molecular complexity index is 622. The molecule has 0 saturated carbocycles. The van der Waals surface area contributed by atoms with Crippen LogP contribution in [0.1, 0.15) is 24.6 Å². The molecule has 0 amide bonds. The Hall–Kier alpha value is -1.76. The summed E-state index contributed by atoms with van der Waals surface area (Å²) < 4.78 is 40.4. The summed E-state index contributed by atoms with van der Waals surface area (Å²) in [5, 5.41) is 7.36. The molecular formula is C12H12ClF3N4. The van der Waals surface area contributed by atoms with E-state index in [-0.39, 0.29) is 16.5 Å². The minimum atomic E-state index is -4.54. The Morgan fingerprint density at radius 3 is 2.65 bits per heavy atom. The van der Waals surface area contributed by atoms with Crippen molar-refractivity contribution in [2.24, 2.45) is 0 Å². The highest BCUT2D eigenvalue weighted by Crippen LogP contribution is 2.36. The van der Waals surface area contributed by atoms with Gasteiger partial charge in [0.1, 0.15) is 0 Å². The molecule has 0 aliphatic heterocycles. The van der Waals surface area contributed by atoms with Crippen LogP contribution in [0.2, 0.25) is 5.02 Å². The van der Waals surface area contributed by atoms with Crippen molar-refractivity contribution in [2.75, 3.05) is 5.73 Å². The summed E-state index contributed by atoms with van der Waals surface area (Å²) in [6, 6.07) is 3.50. The fourth-order valence-electron chi connectivity index (χ4n) is 1.90. The number of alkyl halides is 3. The number of hydrogen-bond donors (Lipinski definition) is 1. The summed E-state index contributed by atoms with van der Waals surface area (Å²) >= 11 is 5.65. The number of anilines is 1. The maximum absolute atomic E-state index is 13.1. The molecule has 2 aromatic rings. The van der Waals surface area contributed by atoms with Gasteiger partial charge in [-0.15, -0.1) is 5.10 Å². The Kier molecular flexibility index (Phi) is 3.89. The molecule has 0 fully saturated rings. The van der Waals surface area contributed by atoms with Crippen LogP contribution in [-0.2, 0) is 12.6 Å². The number of nitrogens with two attached hydrogens (primary N) is 1. The van der Waals surface area contributed by atoms with Gasteiger partial charge < -0.3 is 5.73 Å². The van der Waals surface area contributed by atoms with Crippen LogP contribution in [0.25, 0.3) is 5.69 Å². The smallest absolute Gasteiger partial charge is 0.381 e. The normalized spacial score (nSPS) is 11.8. The summed E-state index contributed by atoms with van der Waals surface area (Å²) in [5.74, 6) is 0.134. The molecule has 2 N–H and O–H groups in total. The van der Waals surface area contributed by atoms with Crippen LogP contribution >= 0.6 is 11.6 Å². The van der Waals surface area contributed by atoms with Crippen molar-refractivity contribution in [2.45, 2.75) is 25.9 Å². The van der Waals surface area contributed by atoms with E-state index < -0.39 is 11.7 Å². The Labute approximate surface area is 118 Å². The first-order valence-electron chi connectivity index (χ1n) is 5.91. The molecule has 0 unspecified atom stereocenters. The van der Waals surface area contributed by atoms with E-state index in [4.69, 9.17) is 17.3 Å². The van der Waals surface area contributed by atoms with Gasteiger partial charge in [-0.05, 0) is 24.6 Å². The van der Waals surface area contributed by atoms with Crippen molar-refractivity contribution in [1.82, 2.24) is 15.0 Å². The maximum Gasteiger partial charge on any atom is 0.418 e. The number of benzene rings is 1. The lowest BCUT2D eigenvalue weighted by Gasteiger charge is -2.14. The van der Waals surface area contributed by atoms with Crippen molar-refractivity contribution in [3.05, 3.63) is 34.5 Å². The second-order valence-corrected chi connectivity index (χ2v) is 4.68. The van der Waals surface area contributed by atoms with E-state index in [1.54, 1.807) is 0 Å². The molecule has 20 heavy (non-hydrogen) atoms. The van der Waals surface area contributed by atoms with Crippen molar-refractivity contribution < 1.29 is 13.2 Å². The molecule has 0 radical (unpaired) electrons. The van der Waals surface area contributed by atoms with Gasteiger partial charge in [0.05, 0.1) is 16.9 Å². The topological polar surface area (TPSA) is 56.7 Å². The number of rotatable bonds is 3. The molecule has 0 aliphatic carbocycles. The number of aromatic nitrogens is 3. The van der Waals surface area contributed by atoms with Gasteiger partial charge in [0.2, 0.25) is 0 Å². The molecule has 0 atom stereocenters. The van der Waals surface area contributed by atoms with E-state index in [0.29, 0.717) is 18.5 Å². The first-order chi connectivity index (χ1) is 9.34. The number of halogens is 4. The third kappa shape index (κ3) is 2.72. The molecule has 1 aromatic heterocycles. The average Bonchev–Trinajstić information content (AvgIpc) is 2.71. The summed E-state index contributed by atoms with van der Waals surface area (Å²) in [4.78, 5) is 0. The molecule has 0 aliphatic rings. The van der Waals surface area contributed by atoms with E-state index in [1.807, 2.05) is 6.92 Å². The highest BCUT2D eigenvalue weighted by Gasteiger charge is 2.35. The van der Waals surface area contributed by atoms with Gasteiger partial charge in [0, 0.05) is 5.02 Å². The molecular weight excluding hydrogens is 293 g/mol. The molecule has 0 saturated heterocycles. The first-order valence-corrected chi connectivity index (χ1v) is 6.29. The van der Waals surface area contributed by atoms with Gasteiger partial charge in [0.25, 0.3) is 0 Å². The second kappa shape index (κ2) is 5.32. The molecule has 0 bridgehead atoms. The molecule has 2 rings (SSSR count). The van der Waals surface area contributed by atoms with Crippen molar-refractivity contribution in [3.63, 3.8) is 0 Å². The monoisotopic (exact) mass is 304 g/mol. The van der Waals surface area contributed by atoms with Gasteiger partial charge >= 0.3 is 6.18 Å². The van der Waals surface area contributed by atoms with Gasteiger partial charge in [-0.3, -0.25) is 0 Å². The molecule has 1 aromatic carbocycles. The zero-order valence-corrected chi connectivity index (χ0v) is 11.3. The summed E-state index contributed by atoms with van der Waals surface area (Å²) in [7, 11) is 0. The van der Waals surface area contributed by atoms with Crippen LogP contribution in [0, 0.1) is 0 Å². The maximum atomic E-state index is 13.1. The minimum Gasteiger partial charge on any atom is -0.381 e. The lowest BCUT2D eigenvalue weighted by atomic mass is 10.1. The highest BCUT2D eigenvalue weighted by atomic mass is 35.5. The lowest BCUT2D eigenvalue weighted by Crippen LogP contribution is -2.13. The van der Waals surface area contributed by atoms with E-state index in [9.17, 15) is 13.2 Å². The average molecular weight is 305 g/mol. The van der Waals surface area contributed by atoms with Crippen LogP contribution in [-0.4, -0.2) is 15.0 Å². The molecule has 108 valence electrons. The molecule has 8 heteroatoms. The van der Waals surface area contributed by atoms with Crippen LogP contribution in [0.4, 0.5) is 19.0 Å². The molecule has 1 heterocycles. The fourth-order valence-corrected chi connectivity index (χ4v) is 2.07. The lowest BCUT2D eigenvalue weighted by molar-refractivity contribution is -0.137. The number of hydrogen-bond acceptors (Lipinski definition) is 3. The zero-order valence-electron chi connectivity index (χ0n) is 10.6. The van der Waals surface area contributed by atoms with Crippen molar-refractivity contribution in [1.29, 1.82) is 0 Å². The van der Waals surface area contributed by atoms with Gasteiger partial charge in [0.15, 0.2) is 5.82 Å². The van der Waals surface area contributed by atoms with Gasteiger partial charge in [-0.25, -0.2) is 4.68 Å². The zero-order chi connectivity index (χ0) is 14.9. The van der Waals surface area contributed by atoms with Crippen LogP contribution < -0.4 is 5.73 Å². The molecule has 4 nitrogen and oxygen atoms in total. The van der Waals surface area contributed by atoms with Crippen LogP contribution in [0.3, 0.4) is 0 Å². The van der Waals surface area contributed by atoms with Crippen LogP contribution in [0.15, 0.2) is 18.2 Å². The van der Waals surface area contributed by atoms with E-state index in [2.05, 4.69) is 10.3 Å². The van der Waals surface area contributed by atoms with E-state index in [0.717, 1.165) is 10.7 Å². The van der Waals surface area contributed by atoms with Gasteiger partial charge in [-0.2, -0.15) is 13.2 Å². The summed E-state index contributed by atoms with van der Waals surface area (Å²) in [5.41, 5.74) is 5.11. The Morgan fingerprint density at radius 2 is 2.05 bits per heavy atom. The standard InChI is InChI=1S/C12H12ClF3N4/c1-2-3-10-11(17)18-19-20(10)9-5-4-7(13)6-8(9)12(14,15)16/h4-6H,2-3,17H2,1H3. The summed E-state index contributed by atoms with van der Waals surface area (Å²) in [6.45, 7) is 1.89. The van der Waals surface area contributed by atoms with E-state index >= 15 is 0 Å².